The summed E-state index contributed by atoms with van der Waals surface area (Å²) < 4.78 is 10.7. The Balaban J connectivity index is 1.97. The van der Waals surface area contributed by atoms with Crippen LogP contribution in [0.15, 0.2) is 83.6 Å². The minimum Gasteiger partial charge on any atom is -0.497 e. The molecular formula is C20H16BrN2O+. The Labute approximate surface area is 148 Å². The summed E-state index contributed by atoms with van der Waals surface area (Å²) in [6.07, 6.45) is 4.22. The summed E-state index contributed by atoms with van der Waals surface area (Å²) in [6.45, 7) is 0. The first-order chi connectivity index (χ1) is 11.8. The molecule has 0 saturated heterocycles. The lowest BCUT2D eigenvalue weighted by atomic mass is 10.1. The van der Waals surface area contributed by atoms with E-state index in [-0.39, 0.29) is 0 Å². The van der Waals surface area contributed by atoms with Gasteiger partial charge < -0.3 is 4.74 Å². The highest BCUT2D eigenvalue weighted by Crippen LogP contribution is 2.27. The van der Waals surface area contributed by atoms with E-state index < -0.39 is 0 Å². The molecule has 0 unspecified atom stereocenters. The highest BCUT2D eigenvalue weighted by Gasteiger charge is 2.20. The van der Waals surface area contributed by atoms with Gasteiger partial charge in [0.05, 0.1) is 13.3 Å². The highest BCUT2D eigenvalue weighted by molar-refractivity contribution is 9.10. The van der Waals surface area contributed by atoms with Crippen LogP contribution in [0.25, 0.3) is 22.6 Å². The third kappa shape index (κ3) is 2.59. The number of hydrogen-bond acceptors (Lipinski definition) is 1. The molecule has 24 heavy (non-hydrogen) atoms. The lowest BCUT2D eigenvalue weighted by molar-refractivity contribution is -0.510. The van der Waals surface area contributed by atoms with Crippen LogP contribution < -0.4 is 9.14 Å². The molecule has 4 rings (SSSR count). The second-order valence-corrected chi connectivity index (χ2v) is 6.44. The molecular weight excluding hydrogens is 364 g/mol. The maximum Gasteiger partial charge on any atom is 0.291 e. The first-order valence-electron chi connectivity index (χ1n) is 7.68. The Bertz CT molecular complexity index is 989. The summed E-state index contributed by atoms with van der Waals surface area (Å²) >= 11 is 3.51. The minimum atomic E-state index is 0.859. The number of ether oxygens (including phenoxy) is 1. The summed E-state index contributed by atoms with van der Waals surface area (Å²) in [7, 11) is 1.68. The third-order valence-electron chi connectivity index (χ3n) is 4.07. The number of aromatic nitrogens is 2. The van der Waals surface area contributed by atoms with Crippen LogP contribution in [-0.2, 0) is 0 Å². The number of pyridine rings is 1. The maximum atomic E-state index is 5.27. The van der Waals surface area contributed by atoms with Crippen LogP contribution in [0.5, 0.6) is 5.75 Å². The average Bonchev–Trinajstić information content (AvgIpc) is 3.02. The van der Waals surface area contributed by atoms with Crippen LogP contribution in [0.4, 0.5) is 0 Å². The van der Waals surface area contributed by atoms with Crippen molar-refractivity contribution in [2.45, 2.75) is 0 Å². The summed E-state index contributed by atoms with van der Waals surface area (Å²) in [5.74, 6) is 0.859. The first kappa shape index (κ1) is 15.0. The van der Waals surface area contributed by atoms with E-state index in [2.05, 4.69) is 85.8 Å². The van der Waals surface area contributed by atoms with Crippen molar-refractivity contribution in [2.24, 2.45) is 0 Å². The molecule has 0 N–H and O–H groups in total. The van der Waals surface area contributed by atoms with E-state index in [9.17, 15) is 0 Å². The second-order valence-electron chi connectivity index (χ2n) is 5.52. The van der Waals surface area contributed by atoms with E-state index in [0.29, 0.717) is 0 Å². The quantitative estimate of drug-likeness (QED) is 0.473. The number of hydrogen-bond donors (Lipinski definition) is 0. The second kappa shape index (κ2) is 6.13. The largest absolute Gasteiger partial charge is 0.497 e. The van der Waals surface area contributed by atoms with Gasteiger partial charge in [0.15, 0.2) is 5.69 Å². The lowest BCUT2D eigenvalue weighted by Crippen LogP contribution is -2.17. The van der Waals surface area contributed by atoms with Crippen LogP contribution >= 0.6 is 15.9 Å². The molecule has 118 valence electrons. The SMILES string of the molecule is COc1ccc(-c2c[n+]3ccccc3n2-c2ccc(Br)cc2)cc1. The van der Waals surface area contributed by atoms with Gasteiger partial charge in [-0.1, -0.05) is 22.0 Å². The predicted molar refractivity (Wildman–Crippen MR) is 98.6 cm³/mol. The molecule has 0 aliphatic heterocycles. The third-order valence-corrected chi connectivity index (χ3v) is 4.60. The van der Waals surface area contributed by atoms with E-state index in [1.54, 1.807) is 7.11 Å². The van der Waals surface area contributed by atoms with Crippen LogP contribution in [-0.4, -0.2) is 11.7 Å². The molecule has 4 aromatic rings. The number of fused-ring (bicyclic) bond motifs is 1. The molecule has 0 bridgehead atoms. The van der Waals surface area contributed by atoms with Crippen molar-refractivity contribution in [3.05, 3.63) is 83.6 Å². The molecule has 0 saturated carbocycles. The fourth-order valence-corrected chi connectivity index (χ4v) is 3.15. The molecule has 2 aromatic heterocycles. The summed E-state index contributed by atoms with van der Waals surface area (Å²) in [6, 6.07) is 22.7. The Morgan fingerprint density at radius 1 is 0.917 bits per heavy atom. The molecule has 4 heteroatoms. The molecule has 3 nitrogen and oxygen atoms in total. The monoisotopic (exact) mass is 379 g/mol. The smallest absolute Gasteiger partial charge is 0.291 e. The van der Waals surface area contributed by atoms with E-state index in [4.69, 9.17) is 4.74 Å². The molecule has 2 aromatic carbocycles. The number of imidazole rings is 1. The zero-order valence-electron chi connectivity index (χ0n) is 13.2. The first-order valence-corrected chi connectivity index (χ1v) is 8.48. The van der Waals surface area contributed by atoms with E-state index >= 15 is 0 Å². The number of halogens is 1. The molecule has 2 heterocycles. The minimum absolute atomic E-state index is 0.859. The van der Waals surface area contributed by atoms with Crippen molar-refractivity contribution in [1.82, 2.24) is 4.57 Å². The number of methoxy groups -OCH3 is 1. The van der Waals surface area contributed by atoms with Crippen LogP contribution in [0.3, 0.4) is 0 Å². The molecule has 0 aliphatic carbocycles. The van der Waals surface area contributed by atoms with Gasteiger partial charge in [-0.2, -0.15) is 4.57 Å². The van der Waals surface area contributed by atoms with Gasteiger partial charge in [-0.3, -0.25) is 0 Å². The molecule has 0 fully saturated rings. The van der Waals surface area contributed by atoms with Gasteiger partial charge in [-0.05, 0) is 54.6 Å². The van der Waals surface area contributed by atoms with Crippen molar-refractivity contribution in [2.75, 3.05) is 7.11 Å². The van der Waals surface area contributed by atoms with Crippen molar-refractivity contribution < 1.29 is 9.14 Å². The topological polar surface area (TPSA) is 18.3 Å². The summed E-state index contributed by atoms with van der Waals surface area (Å²) in [5.41, 5.74) is 4.51. The number of rotatable bonds is 3. The fraction of sp³-hybridized carbons (Fsp3) is 0.0500. The molecule has 0 atom stereocenters. The van der Waals surface area contributed by atoms with E-state index in [0.717, 1.165) is 32.8 Å². The van der Waals surface area contributed by atoms with Gasteiger partial charge in [0.1, 0.15) is 17.6 Å². The number of benzene rings is 2. The lowest BCUT2D eigenvalue weighted by Gasteiger charge is -2.04. The average molecular weight is 380 g/mol. The Hall–Kier alpha value is -2.59. The van der Waals surface area contributed by atoms with Crippen molar-refractivity contribution >= 4 is 21.6 Å². The molecule has 0 amide bonds. The molecule has 0 aliphatic rings. The Kier molecular flexibility index (Phi) is 3.82. The van der Waals surface area contributed by atoms with Gasteiger partial charge in [-0.25, -0.2) is 4.40 Å². The fourth-order valence-electron chi connectivity index (χ4n) is 2.89. The normalized spacial score (nSPS) is 10.9. The van der Waals surface area contributed by atoms with Crippen LogP contribution in [0.2, 0.25) is 0 Å². The van der Waals surface area contributed by atoms with Gasteiger partial charge in [0.25, 0.3) is 5.65 Å². The van der Waals surface area contributed by atoms with E-state index in [1.165, 1.54) is 0 Å². The van der Waals surface area contributed by atoms with Gasteiger partial charge in [0.2, 0.25) is 0 Å². The maximum absolute atomic E-state index is 5.27. The number of nitrogens with zero attached hydrogens (tertiary/aromatic N) is 2. The Morgan fingerprint density at radius 3 is 2.38 bits per heavy atom. The van der Waals surface area contributed by atoms with Crippen molar-refractivity contribution in [3.8, 4) is 22.7 Å². The van der Waals surface area contributed by atoms with Gasteiger partial charge >= 0.3 is 0 Å². The Morgan fingerprint density at radius 2 is 1.67 bits per heavy atom. The zero-order chi connectivity index (χ0) is 16.5. The highest BCUT2D eigenvalue weighted by atomic mass is 79.9. The van der Waals surface area contributed by atoms with Crippen LogP contribution in [0, 0.1) is 0 Å². The zero-order valence-corrected chi connectivity index (χ0v) is 14.8. The molecule has 0 spiro atoms. The van der Waals surface area contributed by atoms with Crippen molar-refractivity contribution in [1.29, 1.82) is 0 Å². The summed E-state index contributed by atoms with van der Waals surface area (Å²) in [4.78, 5) is 0. The van der Waals surface area contributed by atoms with Gasteiger partial charge in [-0.15, -0.1) is 0 Å². The standard InChI is InChI=1S/C20H16BrN2O/c1-24-18-11-5-15(6-12-18)19-14-22-13-3-2-4-20(22)23(19)17-9-7-16(21)8-10-17/h2-14H,1H3/q+1. The summed E-state index contributed by atoms with van der Waals surface area (Å²) in [5, 5.41) is 0. The molecule has 0 radical (unpaired) electrons. The predicted octanol–water partition coefficient (Wildman–Crippen LogP) is 4.65. The van der Waals surface area contributed by atoms with Crippen LogP contribution in [0.1, 0.15) is 0 Å². The van der Waals surface area contributed by atoms with E-state index in [1.807, 2.05) is 18.2 Å². The van der Waals surface area contributed by atoms with Gasteiger partial charge in [0, 0.05) is 16.1 Å². The van der Waals surface area contributed by atoms with Crippen molar-refractivity contribution in [3.63, 3.8) is 0 Å².